The quantitative estimate of drug-likeness (QED) is 0.615. The first-order valence-electron chi connectivity index (χ1n) is 9.60. The SMILES string of the molecule is COc1cccc(CN(C(=O)c2oc3ccc(F)cc3c2C)[C@H]2CCS(=O)(=O)C2)c1. The number of hydrogen-bond acceptors (Lipinski definition) is 5. The third-order valence-electron chi connectivity index (χ3n) is 5.49. The number of aryl methyl sites for hydroxylation is 1. The Morgan fingerprint density at radius 2 is 2.07 bits per heavy atom. The van der Waals surface area contributed by atoms with Crippen molar-refractivity contribution in [2.24, 2.45) is 0 Å². The van der Waals surface area contributed by atoms with Gasteiger partial charge in [-0.05, 0) is 49.2 Å². The summed E-state index contributed by atoms with van der Waals surface area (Å²) in [6.45, 7) is 1.91. The lowest BCUT2D eigenvalue weighted by Gasteiger charge is -2.28. The van der Waals surface area contributed by atoms with E-state index in [2.05, 4.69) is 0 Å². The van der Waals surface area contributed by atoms with Crippen molar-refractivity contribution in [3.63, 3.8) is 0 Å². The average molecular weight is 431 g/mol. The predicted octanol–water partition coefficient (Wildman–Crippen LogP) is 3.72. The summed E-state index contributed by atoms with van der Waals surface area (Å²) in [4.78, 5) is 15.0. The van der Waals surface area contributed by atoms with E-state index in [-0.39, 0.29) is 23.8 Å². The highest BCUT2D eigenvalue weighted by atomic mass is 32.2. The largest absolute Gasteiger partial charge is 0.497 e. The molecule has 1 aliphatic rings. The fourth-order valence-corrected chi connectivity index (χ4v) is 5.61. The van der Waals surface area contributed by atoms with Crippen LogP contribution in [0.1, 0.15) is 28.1 Å². The van der Waals surface area contributed by atoms with E-state index < -0.39 is 27.6 Å². The molecule has 0 spiro atoms. The maximum atomic E-state index is 13.7. The van der Waals surface area contributed by atoms with Gasteiger partial charge in [-0.2, -0.15) is 0 Å². The lowest BCUT2D eigenvalue weighted by atomic mass is 10.1. The molecule has 0 unspecified atom stereocenters. The molecule has 0 aliphatic carbocycles. The molecular weight excluding hydrogens is 409 g/mol. The Labute approximate surface area is 174 Å². The normalized spacial score (nSPS) is 17.9. The van der Waals surface area contributed by atoms with Gasteiger partial charge in [-0.25, -0.2) is 12.8 Å². The van der Waals surface area contributed by atoms with Gasteiger partial charge in [0.15, 0.2) is 15.6 Å². The minimum atomic E-state index is -3.20. The van der Waals surface area contributed by atoms with E-state index in [0.29, 0.717) is 28.7 Å². The highest BCUT2D eigenvalue weighted by Gasteiger charge is 2.36. The molecule has 0 radical (unpaired) electrons. The summed E-state index contributed by atoms with van der Waals surface area (Å²) < 4.78 is 48.8. The van der Waals surface area contributed by atoms with Gasteiger partial charge in [0.2, 0.25) is 0 Å². The highest BCUT2D eigenvalue weighted by Crippen LogP contribution is 2.30. The summed E-state index contributed by atoms with van der Waals surface area (Å²) >= 11 is 0. The number of rotatable bonds is 5. The van der Waals surface area contributed by atoms with E-state index >= 15 is 0 Å². The van der Waals surface area contributed by atoms with Gasteiger partial charge in [-0.3, -0.25) is 4.79 Å². The number of carbonyl (C=O) groups is 1. The van der Waals surface area contributed by atoms with Crippen molar-refractivity contribution < 1.29 is 26.8 Å². The number of nitrogens with zero attached hydrogens (tertiary/aromatic N) is 1. The number of fused-ring (bicyclic) bond motifs is 1. The molecule has 0 saturated carbocycles. The number of benzene rings is 2. The lowest BCUT2D eigenvalue weighted by Crippen LogP contribution is -2.40. The minimum Gasteiger partial charge on any atom is -0.497 e. The van der Waals surface area contributed by atoms with Gasteiger partial charge in [0, 0.05) is 23.5 Å². The van der Waals surface area contributed by atoms with Crippen molar-refractivity contribution >= 4 is 26.7 Å². The highest BCUT2D eigenvalue weighted by molar-refractivity contribution is 7.91. The molecule has 30 heavy (non-hydrogen) atoms. The molecule has 0 bridgehead atoms. The molecule has 4 rings (SSSR count). The van der Waals surface area contributed by atoms with Crippen LogP contribution in [0.5, 0.6) is 5.75 Å². The molecule has 1 aromatic heterocycles. The van der Waals surface area contributed by atoms with Gasteiger partial charge < -0.3 is 14.1 Å². The first kappa shape index (κ1) is 20.4. The predicted molar refractivity (Wildman–Crippen MR) is 111 cm³/mol. The number of sulfone groups is 1. The maximum absolute atomic E-state index is 13.7. The first-order chi connectivity index (χ1) is 14.3. The Hall–Kier alpha value is -2.87. The number of methoxy groups -OCH3 is 1. The van der Waals surface area contributed by atoms with Crippen LogP contribution in [0, 0.1) is 12.7 Å². The summed E-state index contributed by atoms with van der Waals surface area (Å²) in [5, 5.41) is 0.527. The number of hydrogen-bond donors (Lipinski definition) is 0. The van der Waals surface area contributed by atoms with Crippen molar-refractivity contribution in [2.45, 2.75) is 25.9 Å². The average Bonchev–Trinajstić information content (AvgIpc) is 3.25. The van der Waals surface area contributed by atoms with Gasteiger partial charge in [0.05, 0.1) is 18.6 Å². The van der Waals surface area contributed by atoms with Crippen LogP contribution in [0.25, 0.3) is 11.0 Å². The zero-order chi connectivity index (χ0) is 21.5. The van der Waals surface area contributed by atoms with Crippen molar-refractivity contribution in [3.05, 3.63) is 65.2 Å². The van der Waals surface area contributed by atoms with Crippen LogP contribution in [0.2, 0.25) is 0 Å². The fourth-order valence-electron chi connectivity index (χ4n) is 3.88. The summed E-state index contributed by atoms with van der Waals surface area (Å²) in [5.74, 6) is -0.118. The second-order valence-corrected chi connectivity index (χ2v) is 9.77. The van der Waals surface area contributed by atoms with Gasteiger partial charge in [-0.1, -0.05) is 12.1 Å². The minimum absolute atomic E-state index is 0.0455. The second-order valence-electron chi connectivity index (χ2n) is 7.54. The van der Waals surface area contributed by atoms with Crippen molar-refractivity contribution in [1.29, 1.82) is 0 Å². The Morgan fingerprint density at radius 3 is 2.77 bits per heavy atom. The molecule has 2 heterocycles. The van der Waals surface area contributed by atoms with Gasteiger partial charge in [0.1, 0.15) is 17.1 Å². The zero-order valence-electron chi connectivity index (χ0n) is 16.7. The fraction of sp³-hybridized carbons (Fsp3) is 0.318. The summed E-state index contributed by atoms with van der Waals surface area (Å²) in [5.41, 5.74) is 1.76. The van der Waals surface area contributed by atoms with E-state index in [4.69, 9.17) is 9.15 Å². The topological polar surface area (TPSA) is 76.8 Å². The van der Waals surface area contributed by atoms with Crippen LogP contribution >= 0.6 is 0 Å². The molecule has 2 aromatic carbocycles. The number of furan rings is 1. The molecule has 1 atom stereocenters. The van der Waals surface area contributed by atoms with Gasteiger partial charge in [-0.15, -0.1) is 0 Å². The van der Waals surface area contributed by atoms with E-state index in [1.165, 1.54) is 18.2 Å². The number of amides is 1. The molecule has 1 fully saturated rings. The van der Waals surface area contributed by atoms with Crippen molar-refractivity contribution in [1.82, 2.24) is 4.90 Å². The number of carbonyl (C=O) groups excluding carboxylic acids is 1. The van der Waals surface area contributed by atoms with E-state index in [1.807, 2.05) is 18.2 Å². The Kier molecular flexibility index (Phi) is 5.27. The van der Waals surface area contributed by atoms with Crippen molar-refractivity contribution in [2.75, 3.05) is 18.6 Å². The zero-order valence-corrected chi connectivity index (χ0v) is 17.5. The molecule has 3 aromatic rings. The van der Waals surface area contributed by atoms with Crippen LogP contribution in [0.3, 0.4) is 0 Å². The smallest absolute Gasteiger partial charge is 0.290 e. The molecule has 6 nitrogen and oxygen atoms in total. The number of ether oxygens (including phenoxy) is 1. The molecular formula is C22H22FNO5S. The third kappa shape index (κ3) is 3.92. The molecule has 158 valence electrons. The molecule has 0 N–H and O–H groups in total. The Morgan fingerprint density at radius 1 is 1.27 bits per heavy atom. The van der Waals surface area contributed by atoms with Gasteiger partial charge >= 0.3 is 0 Å². The molecule has 1 aliphatic heterocycles. The van der Waals surface area contributed by atoms with Gasteiger partial charge in [0.25, 0.3) is 5.91 Å². The maximum Gasteiger partial charge on any atom is 0.290 e. The summed E-state index contributed by atoms with van der Waals surface area (Å²) in [6.07, 6.45) is 0.367. The number of halogens is 1. The van der Waals surface area contributed by atoms with E-state index in [9.17, 15) is 17.6 Å². The van der Waals surface area contributed by atoms with E-state index in [1.54, 1.807) is 25.0 Å². The lowest BCUT2D eigenvalue weighted by molar-refractivity contribution is 0.0649. The standard InChI is InChI=1S/C22H22FNO5S/c1-14-19-11-16(23)6-7-20(19)29-21(14)22(25)24(17-8-9-30(26,27)13-17)12-15-4-3-5-18(10-15)28-2/h3-7,10-11,17H,8-9,12-13H2,1-2H3/t17-/m0/s1. The summed E-state index contributed by atoms with van der Waals surface area (Å²) in [7, 11) is -1.64. The second kappa shape index (κ2) is 7.75. The van der Waals surface area contributed by atoms with Crippen molar-refractivity contribution in [3.8, 4) is 5.75 Å². The monoisotopic (exact) mass is 431 g/mol. The molecule has 1 saturated heterocycles. The Balaban J connectivity index is 1.73. The Bertz CT molecular complexity index is 1220. The molecule has 8 heteroatoms. The van der Waals surface area contributed by atoms with Crippen LogP contribution in [0.15, 0.2) is 46.9 Å². The van der Waals surface area contributed by atoms with Crippen LogP contribution in [-0.4, -0.2) is 43.9 Å². The van der Waals surface area contributed by atoms with Crippen LogP contribution in [0.4, 0.5) is 4.39 Å². The van der Waals surface area contributed by atoms with E-state index in [0.717, 1.165) is 5.56 Å². The van der Waals surface area contributed by atoms with Crippen LogP contribution in [-0.2, 0) is 16.4 Å². The third-order valence-corrected chi connectivity index (χ3v) is 7.24. The first-order valence-corrected chi connectivity index (χ1v) is 11.4. The summed E-state index contributed by atoms with van der Waals surface area (Å²) in [6, 6.07) is 10.9. The van der Waals surface area contributed by atoms with Crippen LogP contribution < -0.4 is 4.74 Å². The molecule has 1 amide bonds.